The fraction of sp³-hybridized carbons (Fsp3) is 0.0526. The first-order valence-electron chi connectivity index (χ1n) is 7.39. The van der Waals surface area contributed by atoms with Crippen LogP contribution in [-0.4, -0.2) is 22.2 Å². The summed E-state index contributed by atoms with van der Waals surface area (Å²) in [6, 6.07) is 15.7. The molecule has 0 saturated carbocycles. The molecule has 0 aliphatic rings. The van der Waals surface area contributed by atoms with Crippen molar-refractivity contribution in [2.75, 3.05) is 17.2 Å². The van der Waals surface area contributed by atoms with E-state index in [1.165, 1.54) is 0 Å². The summed E-state index contributed by atoms with van der Waals surface area (Å²) in [5, 5.41) is 6.74. The van der Waals surface area contributed by atoms with Gasteiger partial charge in [-0.25, -0.2) is 0 Å². The van der Waals surface area contributed by atoms with Crippen molar-refractivity contribution in [3.05, 3.63) is 84.9 Å². The maximum absolute atomic E-state index is 5.76. The van der Waals surface area contributed by atoms with Gasteiger partial charge in [0.15, 0.2) is 0 Å². The third-order valence-corrected chi connectivity index (χ3v) is 3.15. The van der Waals surface area contributed by atoms with Gasteiger partial charge in [-0.05, 0) is 24.3 Å². The van der Waals surface area contributed by atoms with Gasteiger partial charge in [-0.3, -0.25) is 0 Å². The van der Waals surface area contributed by atoms with Crippen LogP contribution in [0.1, 0.15) is 0 Å². The Hall–Kier alpha value is -2.61. The standard InChI is InChI=1S/C19H18B2N2/c1-2-6-15(20)7-5-14-22-18-8-3-4-9-19(18)23-17-12-10-16(21)11-13-17/h2-13,22-23H,1,14H2/b7-5-,15-6+. The molecule has 23 heavy (non-hydrogen) atoms. The maximum Gasteiger partial charge on any atom is 0.113 e. The van der Waals surface area contributed by atoms with Gasteiger partial charge in [0.25, 0.3) is 0 Å². The highest BCUT2D eigenvalue weighted by Gasteiger charge is 2.00. The van der Waals surface area contributed by atoms with Gasteiger partial charge in [0.2, 0.25) is 0 Å². The van der Waals surface area contributed by atoms with Gasteiger partial charge in [-0.1, -0.05) is 66.1 Å². The zero-order valence-electron chi connectivity index (χ0n) is 13.0. The topological polar surface area (TPSA) is 24.1 Å². The molecule has 0 spiro atoms. The number of anilines is 3. The summed E-state index contributed by atoms with van der Waals surface area (Å²) in [5.41, 5.74) is 4.43. The van der Waals surface area contributed by atoms with Crippen LogP contribution in [0, 0.1) is 0 Å². The number of allylic oxidation sites excluding steroid dienone is 4. The molecule has 0 fully saturated rings. The van der Waals surface area contributed by atoms with E-state index in [4.69, 9.17) is 15.7 Å². The lowest BCUT2D eigenvalue weighted by Crippen LogP contribution is -2.04. The molecule has 0 heterocycles. The molecule has 2 aromatic carbocycles. The zero-order chi connectivity index (χ0) is 16.5. The van der Waals surface area contributed by atoms with E-state index in [0.717, 1.165) is 22.5 Å². The third kappa shape index (κ3) is 5.59. The first-order chi connectivity index (χ1) is 11.2. The number of benzene rings is 2. The van der Waals surface area contributed by atoms with Gasteiger partial charge in [-0.15, -0.1) is 0 Å². The second kappa shape index (κ2) is 8.74. The Balaban J connectivity index is 2.01. The molecule has 2 rings (SSSR count). The Morgan fingerprint density at radius 1 is 1.04 bits per heavy atom. The molecule has 2 nitrogen and oxygen atoms in total. The van der Waals surface area contributed by atoms with E-state index < -0.39 is 0 Å². The van der Waals surface area contributed by atoms with Crippen LogP contribution in [0.2, 0.25) is 0 Å². The summed E-state index contributed by atoms with van der Waals surface area (Å²) in [6.45, 7) is 4.28. The van der Waals surface area contributed by atoms with Crippen LogP contribution in [0.15, 0.2) is 84.9 Å². The zero-order valence-corrected chi connectivity index (χ0v) is 13.0. The number of rotatable bonds is 7. The highest BCUT2D eigenvalue weighted by molar-refractivity contribution is 6.32. The second-order valence-corrected chi connectivity index (χ2v) is 4.98. The predicted molar refractivity (Wildman–Crippen MR) is 103 cm³/mol. The van der Waals surface area contributed by atoms with Crippen molar-refractivity contribution in [1.29, 1.82) is 0 Å². The van der Waals surface area contributed by atoms with Gasteiger partial charge in [0, 0.05) is 12.2 Å². The summed E-state index contributed by atoms with van der Waals surface area (Å²) in [7, 11) is 11.5. The average Bonchev–Trinajstić information content (AvgIpc) is 2.55. The molecule has 0 atom stereocenters. The first-order valence-corrected chi connectivity index (χ1v) is 7.39. The van der Waals surface area contributed by atoms with Gasteiger partial charge in [0.05, 0.1) is 11.4 Å². The Bertz CT molecular complexity index is 704. The van der Waals surface area contributed by atoms with E-state index in [2.05, 4.69) is 17.2 Å². The summed E-state index contributed by atoms with van der Waals surface area (Å²) >= 11 is 0. The maximum atomic E-state index is 5.76. The van der Waals surface area contributed by atoms with E-state index in [1.54, 1.807) is 12.2 Å². The van der Waals surface area contributed by atoms with Crippen molar-refractivity contribution in [2.24, 2.45) is 0 Å². The van der Waals surface area contributed by atoms with Crippen LogP contribution in [0.25, 0.3) is 0 Å². The molecule has 0 aliphatic carbocycles. The minimum Gasteiger partial charge on any atom is -0.380 e. The van der Waals surface area contributed by atoms with Crippen molar-refractivity contribution in [3.8, 4) is 0 Å². The molecule has 0 amide bonds. The van der Waals surface area contributed by atoms with Gasteiger partial charge >= 0.3 is 0 Å². The number of hydrogen-bond acceptors (Lipinski definition) is 2. The van der Waals surface area contributed by atoms with Gasteiger partial charge in [-0.2, -0.15) is 0 Å². The van der Waals surface area contributed by atoms with Crippen molar-refractivity contribution >= 4 is 38.2 Å². The Kier molecular flexibility index (Phi) is 6.37. The molecular weight excluding hydrogens is 278 g/mol. The molecule has 2 aromatic rings. The van der Waals surface area contributed by atoms with Crippen LogP contribution >= 0.6 is 0 Å². The molecule has 0 bridgehead atoms. The van der Waals surface area contributed by atoms with Crippen molar-refractivity contribution in [2.45, 2.75) is 0 Å². The largest absolute Gasteiger partial charge is 0.380 e. The monoisotopic (exact) mass is 296 g/mol. The lowest BCUT2D eigenvalue weighted by atomic mass is 9.95. The van der Waals surface area contributed by atoms with Gasteiger partial charge in [0.1, 0.15) is 15.7 Å². The smallest absolute Gasteiger partial charge is 0.113 e. The quantitative estimate of drug-likeness (QED) is 0.604. The highest BCUT2D eigenvalue weighted by Crippen LogP contribution is 2.24. The predicted octanol–water partition coefficient (Wildman–Crippen LogP) is 3.43. The van der Waals surface area contributed by atoms with E-state index in [9.17, 15) is 0 Å². The third-order valence-electron chi connectivity index (χ3n) is 3.15. The Morgan fingerprint density at radius 2 is 1.74 bits per heavy atom. The van der Waals surface area contributed by atoms with Gasteiger partial charge < -0.3 is 10.6 Å². The Labute approximate surface area is 140 Å². The molecule has 110 valence electrons. The summed E-state index contributed by atoms with van der Waals surface area (Å²) in [6.07, 6.45) is 7.24. The highest BCUT2D eigenvalue weighted by atomic mass is 15.0. The van der Waals surface area contributed by atoms with Crippen LogP contribution < -0.4 is 16.1 Å². The van der Waals surface area contributed by atoms with Crippen LogP contribution in [0.3, 0.4) is 0 Å². The molecule has 0 saturated heterocycles. The van der Waals surface area contributed by atoms with Crippen molar-refractivity contribution in [1.82, 2.24) is 0 Å². The molecular formula is C19H18B2N2. The SMILES string of the molecule is [B]C(/C=C\CNc1ccccc1Nc1ccc([B])cc1)=C/C=C. The van der Waals surface area contributed by atoms with Crippen LogP contribution in [-0.2, 0) is 0 Å². The summed E-state index contributed by atoms with van der Waals surface area (Å²) in [4.78, 5) is 0. The summed E-state index contributed by atoms with van der Waals surface area (Å²) in [5.74, 6) is 0. The minimum atomic E-state index is 0.673. The number of nitrogens with one attached hydrogen (secondary N) is 2. The summed E-state index contributed by atoms with van der Waals surface area (Å²) < 4.78 is 0. The van der Waals surface area contributed by atoms with E-state index in [-0.39, 0.29) is 0 Å². The molecule has 2 N–H and O–H groups in total. The van der Waals surface area contributed by atoms with Crippen molar-refractivity contribution < 1.29 is 0 Å². The molecule has 0 unspecified atom stereocenters. The average molecular weight is 296 g/mol. The normalized spacial score (nSPS) is 11.4. The van der Waals surface area contributed by atoms with E-state index in [0.29, 0.717) is 12.0 Å². The molecule has 4 heteroatoms. The number of hydrogen-bond donors (Lipinski definition) is 2. The molecule has 0 aliphatic heterocycles. The fourth-order valence-electron chi connectivity index (χ4n) is 2.02. The Morgan fingerprint density at radius 3 is 2.43 bits per heavy atom. The van der Waals surface area contributed by atoms with Crippen LogP contribution in [0.5, 0.6) is 0 Å². The molecule has 0 aromatic heterocycles. The van der Waals surface area contributed by atoms with Crippen LogP contribution in [0.4, 0.5) is 17.1 Å². The lowest BCUT2D eigenvalue weighted by Gasteiger charge is -2.13. The van der Waals surface area contributed by atoms with E-state index in [1.807, 2.05) is 60.7 Å². The number of para-hydroxylation sites is 2. The molecule has 4 radical (unpaired) electrons. The fourth-order valence-corrected chi connectivity index (χ4v) is 2.02. The first kappa shape index (κ1) is 16.8. The second-order valence-electron chi connectivity index (χ2n) is 4.98. The minimum absolute atomic E-state index is 0.673. The van der Waals surface area contributed by atoms with Crippen molar-refractivity contribution in [3.63, 3.8) is 0 Å². The van der Waals surface area contributed by atoms with E-state index >= 15 is 0 Å². The lowest BCUT2D eigenvalue weighted by molar-refractivity contribution is 1.33.